The van der Waals surface area contributed by atoms with E-state index in [1.807, 2.05) is 26.0 Å². The normalized spacial score (nSPS) is 10.8. The summed E-state index contributed by atoms with van der Waals surface area (Å²) < 4.78 is 18.6. The minimum atomic E-state index is -0.342. The lowest BCUT2D eigenvalue weighted by molar-refractivity contribution is 0.102. The molecule has 0 spiro atoms. The summed E-state index contributed by atoms with van der Waals surface area (Å²) in [5, 5.41) is 3.67. The Labute approximate surface area is 133 Å². The Morgan fingerprint density at radius 2 is 1.96 bits per heavy atom. The smallest absolute Gasteiger partial charge is 0.272 e. The third-order valence-corrected chi connectivity index (χ3v) is 3.85. The highest BCUT2D eigenvalue weighted by molar-refractivity contribution is 6.08. The fourth-order valence-electron chi connectivity index (χ4n) is 2.64. The summed E-state index contributed by atoms with van der Waals surface area (Å²) in [6.07, 6.45) is 0. The van der Waals surface area contributed by atoms with Gasteiger partial charge in [-0.1, -0.05) is 6.07 Å². The Balaban J connectivity index is 1.98. The molecule has 0 aliphatic heterocycles. The molecule has 1 aromatic heterocycles. The summed E-state index contributed by atoms with van der Waals surface area (Å²) in [6.45, 7) is 3.77. The summed E-state index contributed by atoms with van der Waals surface area (Å²) in [5.74, 6) is -0.0437. The predicted molar refractivity (Wildman–Crippen MR) is 88.7 cm³/mol. The summed E-state index contributed by atoms with van der Waals surface area (Å²) in [6, 6.07) is 9.99. The standard InChI is InChI=1S/C18H17FN2O2/c1-10-4-7-16(23-3)15(8-10)21-18(22)17-11(2)13-6-5-12(19)9-14(13)20-17/h4-9,20H,1-3H3,(H,21,22). The molecule has 2 N–H and O–H groups in total. The van der Waals surface area contributed by atoms with Crippen LogP contribution in [0.1, 0.15) is 21.6 Å². The summed E-state index contributed by atoms with van der Waals surface area (Å²) in [7, 11) is 1.55. The van der Waals surface area contributed by atoms with E-state index in [-0.39, 0.29) is 11.7 Å². The minimum absolute atomic E-state index is 0.289. The van der Waals surface area contributed by atoms with E-state index in [2.05, 4.69) is 10.3 Å². The van der Waals surface area contributed by atoms with Crippen LogP contribution in [-0.4, -0.2) is 18.0 Å². The highest BCUT2D eigenvalue weighted by Gasteiger charge is 2.16. The van der Waals surface area contributed by atoms with Crippen molar-refractivity contribution in [2.24, 2.45) is 0 Å². The molecule has 1 amide bonds. The predicted octanol–water partition coefficient (Wildman–Crippen LogP) is 4.18. The van der Waals surface area contributed by atoms with E-state index < -0.39 is 0 Å². The highest BCUT2D eigenvalue weighted by atomic mass is 19.1. The zero-order valence-corrected chi connectivity index (χ0v) is 13.2. The number of ether oxygens (including phenoxy) is 1. The van der Waals surface area contributed by atoms with Crippen LogP contribution in [0.3, 0.4) is 0 Å². The third kappa shape index (κ3) is 2.77. The monoisotopic (exact) mass is 312 g/mol. The Kier molecular flexibility index (Phi) is 3.78. The number of benzene rings is 2. The number of aryl methyl sites for hydroxylation is 2. The molecule has 3 aromatic rings. The van der Waals surface area contributed by atoms with Gasteiger partial charge in [0.2, 0.25) is 0 Å². The van der Waals surface area contributed by atoms with Gasteiger partial charge >= 0.3 is 0 Å². The molecular formula is C18H17FN2O2. The topological polar surface area (TPSA) is 54.1 Å². The maximum atomic E-state index is 13.3. The van der Waals surface area contributed by atoms with Gasteiger partial charge in [-0.15, -0.1) is 0 Å². The van der Waals surface area contributed by atoms with Crippen LogP contribution in [-0.2, 0) is 0 Å². The second-order valence-corrected chi connectivity index (χ2v) is 5.47. The van der Waals surface area contributed by atoms with Crippen LogP contribution < -0.4 is 10.1 Å². The van der Waals surface area contributed by atoms with Crippen LogP contribution >= 0.6 is 0 Å². The van der Waals surface area contributed by atoms with Gasteiger partial charge in [0.1, 0.15) is 17.3 Å². The third-order valence-electron chi connectivity index (χ3n) is 3.85. The zero-order valence-electron chi connectivity index (χ0n) is 13.2. The van der Waals surface area contributed by atoms with E-state index in [1.165, 1.54) is 12.1 Å². The van der Waals surface area contributed by atoms with Crippen LogP contribution in [0.2, 0.25) is 0 Å². The number of amides is 1. The first-order chi connectivity index (χ1) is 11.0. The number of carbonyl (C=O) groups is 1. The van der Waals surface area contributed by atoms with Gasteiger partial charge in [-0.2, -0.15) is 0 Å². The molecule has 4 nitrogen and oxygen atoms in total. The van der Waals surface area contributed by atoms with Crippen molar-refractivity contribution in [3.05, 3.63) is 59.0 Å². The van der Waals surface area contributed by atoms with Gasteiger partial charge < -0.3 is 15.0 Å². The first-order valence-corrected chi connectivity index (χ1v) is 7.23. The molecule has 2 aromatic carbocycles. The zero-order chi connectivity index (χ0) is 16.6. The van der Waals surface area contributed by atoms with Crippen molar-refractivity contribution < 1.29 is 13.9 Å². The van der Waals surface area contributed by atoms with Crippen LogP contribution in [0, 0.1) is 19.7 Å². The lowest BCUT2D eigenvalue weighted by atomic mass is 10.1. The molecule has 5 heteroatoms. The lowest BCUT2D eigenvalue weighted by Crippen LogP contribution is -2.14. The number of hydrogen-bond donors (Lipinski definition) is 2. The van der Waals surface area contributed by atoms with Crippen LogP contribution in [0.4, 0.5) is 10.1 Å². The molecule has 1 heterocycles. The molecule has 0 aliphatic carbocycles. The fraction of sp³-hybridized carbons (Fsp3) is 0.167. The quantitative estimate of drug-likeness (QED) is 0.762. The number of halogens is 1. The molecule has 0 radical (unpaired) electrons. The number of rotatable bonds is 3. The summed E-state index contributed by atoms with van der Waals surface area (Å²) in [4.78, 5) is 15.6. The maximum absolute atomic E-state index is 13.3. The number of carbonyl (C=O) groups excluding carboxylic acids is 1. The molecule has 0 atom stereocenters. The molecule has 0 saturated heterocycles. The number of hydrogen-bond acceptors (Lipinski definition) is 2. The molecule has 0 bridgehead atoms. The van der Waals surface area contributed by atoms with Crippen molar-refractivity contribution >= 4 is 22.5 Å². The number of methoxy groups -OCH3 is 1. The average molecular weight is 312 g/mol. The Morgan fingerprint density at radius 1 is 1.17 bits per heavy atom. The lowest BCUT2D eigenvalue weighted by Gasteiger charge is -2.10. The van der Waals surface area contributed by atoms with Gasteiger partial charge in [0.25, 0.3) is 5.91 Å². The summed E-state index contributed by atoms with van der Waals surface area (Å²) >= 11 is 0. The SMILES string of the molecule is COc1ccc(C)cc1NC(=O)c1[nH]c2cc(F)ccc2c1C. The number of anilines is 1. The van der Waals surface area contributed by atoms with E-state index in [1.54, 1.807) is 19.2 Å². The van der Waals surface area contributed by atoms with E-state index in [0.29, 0.717) is 22.6 Å². The molecule has 0 saturated carbocycles. The molecule has 0 fully saturated rings. The number of fused-ring (bicyclic) bond motifs is 1. The van der Waals surface area contributed by atoms with E-state index >= 15 is 0 Å². The van der Waals surface area contributed by atoms with Gasteiger partial charge in [-0.25, -0.2) is 4.39 Å². The van der Waals surface area contributed by atoms with Crippen LogP contribution in [0.15, 0.2) is 36.4 Å². The number of nitrogens with one attached hydrogen (secondary N) is 2. The van der Waals surface area contributed by atoms with E-state index in [4.69, 9.17) is 4.74 Å². The van der Waals surface area contributed by atoms with E-state index in [0.717, 1.165) is 16.5 Å². The van der Waals surface area contributed by atoms with E-state index in [9.17, 15) is 9.18 Å². The second-order valence-electron chi connectivity index (χ2n) is 5.47. The molecular weight excluding hydrogens is 295 g/mol. The van der Waals surface area contributed by atoms with Crippen molar-refractivity contribution in [3.8, 4) is 5.75 Å². The van der Waals surface area contributed by atoms with Crippen LogP contribution in [0.25, 0.3) is 10.9 Å². The number of aromatic amines is 1. The minimum Gasteiger partial charge on any atom is -0.495 e. The van der Waals surface area contributed by atoms with Gasteiger partial charge in [0.05, 0.1) is 12.8 Å². The number of H-pyrrole nitrogens is 1. The van der Waals surface area contributed by atoms with Gasteiger partial charge in [-0.3, -0.25) is 4.79 Å². The first-order valence-electron chi connectivity index (χ1n) is 7.23. The van der Waals surface area contributed by atoms with Crippen molar-refractivity contribution in [2.45, 2.75) is 13.8 Å². The van der Waals surface area contributed by atoms with Gasteiger partial charge in [-0.05, 0) is 55.3 Å². The largest absolute Gasteiger partial charge is 0.495 e. The van der Waals surface area contributed by atoms with Crippen molar-refractivity contribution in [2.75, 3.05) is 12.4 Å². The highest BCUT2D eigenvalue weighted by Crippen LogP contribution is 2.27. The molecule has 23 heavy (non-hydrogen) atoms. The first kappa shape index (κ1) is 15.1. The average Bonchev–Trinajstić information content (AvgIpc) is 2.84. The fourth-order valence-corrected chi connectivity index (χ4v) is 2.64. The molecule has 0 aliphatic rings. The Morgan fingerprint density at radius 3 is 2.70 bits per heavy atom. The van der Waals surface area contributed by atoms with Crippen molar-refractivity contribution in [1.29, 1.82) is 0 Å². The number of aromatic nitrogens is 1. The molecule has 3 rings (SSSR count). The van der Waals surface area contributed by atoms with Crippen molar-refractivity contribution in [3.63, 3.8) is 0 Å². The van der Waals surface area contributed by atoms with Gasteiger partial charge in [0, 0.05) is 10.9 Å². The van der Waals surface area contributed by atoms with Crippen molar-refractivity contribution in [1.82, 2.24) is 4.98 Å². The summed E-state index contributed by atoms with van der Waals surface area (Å²) in [5.41, 5.74) is 3.40. The van der Waals surface area contributed by atoms with Gasteiger partial charge in [0.15, 0.2) is 0 Å². The van der Waals surface area contributed by atoms with Crippen LogP contribution in [0.5, 0.6) is 5.75 Å². The Bertz CT molecular complexity index is 899. The maximum Gasteiger partial charge on any atom is 0.272 e. The second kappa shape index (κ2) is 5.76. The molecule has 118 valence electrons. The molecule has 0 unspecified atom stereocenters. The Hall–Kier alpha value is -2.82.